The third-order valence-corrected chi connectivity index (χ3v) is 5.04. The molecule has 0 spiro atoms. The van der Waals surface area contributed by atoms with Crippen LogP contribution in [-0.2, 0) is 24.0 Å². The van der Waals surface area contributed by atoms with Crippen molar-refractivity contribution in [1.29, 1.82) is 0 Å². The highest BCUT2D eigenvalue weighted by atomic mass is 16.4. The summed E-state index contributed by atoms with van der Waals surface area (Å²) in [6, 6.07) is 0. The van der Waals surface area contributed by atoms with Crippen LogP contribution in [0.1, 0.15) is 53.4 Å². The quantitative estimate of drug-likeness (QED) is 0.117. The summed E-state index contributed by atoms with van der Waals surface area (Å²) in [5.41, 5.74) is -2.45. The van der Waals surface area contributed by atoms with E-state index in [0.717, 1.165) is 43.2 Å². The van der Waals surface area contributed by atoms with Crippen molar-refractivity contribution in [2.75, 3.05) is 19.8 Å². The van der Waals surface area contributed by atoms with Crippen LogP contribution in [0.3, 0.4) is 0 Å². The molecule has 0 aromatic rings. The third kappa shape index (κ3) is 40.0. The van der Waals surface area contributed by atoms with Crippen molar-refractivity contribution in [2.45, 2.75) is 59.0 Å². The van der Waals surface area contributed by atoms with Crippen LogP contribution in [0.2, 0.25) is 0 Å². The molecule has 0 amide bonds. The Bertz CT molecular complexity index is 731. The summed E-state index contributed by atoms with van der Waals surface area (Å²) in [5, 5.41) is 77.6. The molecule has 44 heavy (non-hydrogen) atoms. The third-order valence-electron chi connectivity index (χ3n) is 5.04. The minimum absolute atomic E-state index is 0.410. The number of hydrogen-bond donors (Lipinski definition) is 9. The maximum atomic E-state index is 10.9. The lowest BCUT2D eigenvalue weighted by Crippen LogP contribution is -2.55. The molecule has 14 nitrogen and oxygen atoms in total. The average molecular weight is 637 g/mol. The normalized spacial score (nSPS) is 9.50. The Labute approximate surface area is 259 Å². The Kier molecular flexibility index (Phi) is 39.9. The van der Waals surface area contributed by atoms with Gasteiger partial charge in [-0.3, -0.25) is 0 Å². The zero-order valence-electron chi connectivity index (χ0n) is 26.1. The van der Waals surface area contributed by atoms with Crippen LogP contribution in [0, 0.1) is 17.3 Å². The molecule has 0 rings (SSSR count). The smallest absolute Gasteiger partial charge is 0.327 e. The number of hydrogen-bond acceptors (Lipinski definition) is 9. The molecule has 0 aliphatic carbocycles. The minimum Gasteiger partial charge on any atom is -0.478 e. The molecule has 14 heteroatoms. The van der Waals surface area contributed by atoms with Gasteiger partial charge in [0.15, 0.2) is 0 Å². The lowest BCUT2D eigenvalue weighted by Gasteiger charge is -2.45. The van der Waals surface area contributed by atoms with Crippen LogP contribution in [-0.4, -0.2) is 101 Å². The van der Waals surface area contributed by atoms with Gasteiger partial charge < -0.3 is 46.0 Å². The lowest BCUT2D eigenvalue weighted by molar-refractivity contribution is -0.164. The van der Waals surface area contributed by atoms with Crippen LogP contribution in [0.4, 0.5) is 0 Å². The summed E-state index contributed by atoms with van der Waals surface area (Å²) >= 11 is 0. The average Bonchev–Trinajstić information content (AvgIpc) is 2.97. The summed E-state index contributed by atoms with van der Waals surface area (Å²) in [4.78, 5) is 46.2. The fraction of sp³-hybridized carbons (Fsp3) is 0.500. The van der Waals surface area contributed by atoms with E-state index in [1.54, 1.807) is 0 Å². The standard InChI is InChI=1S/C15H32O4.5C3H4O2/c1-12(2)5-7-15(19,8-6-13(3)4)14(9-16,10-17)11-18;5*1-2-3(4)5/h12-13,16-19H,5-11H2,1-4H3;5*2H,1H2,(H,4,5). The van der Waals surface area contributed by atoms with E-state index < -0.39 is 60.7 Å². The first kappa shape index (κ1) is 52.5. The Balaban J connectivity index is -0.000000117. The highest BCUT2D eigenvalue weighted by Crippen LogP contribution is 2.40. The van der Waals surface area contributed by atoms with E-state index in [2.05, 4.69) is 60.6 Å². The number of aliphatic carboxylic acids is 5. The van der Waals surface area contributed by atoms with Gasteiger partial charge >= 0.3 is 29.8 Å². The number of carboxylic acid groups (broad SMARTS) is 5. The Morgan fingerprint density at radius 1 is 0.523 bits per heavy atom. The van der Waals surface area contributed by atoms with Crippen molar-refractivity contribution in [3.05, 3.63) is 63.3 Å². The first-order chi connectivity index (χ1) is 20.1. The van der Waals surface area contributed by atoms with E-state index >= 15 is 0 Å². The molecule has 9 N–H and O–H groups in total. The Hall–Kier alpha value is -4.11. The van der Waals surface area contributed by atoms with Gasteiger partial charge in [0.2, 0.25) is 0 Å². The highest BCUT2D eigenvalue weighted by Gasteiger charge is 2.48. The van der Waals surface area contributed by atoms with Crippen LogP contribution in [0.15, 0.2) is 63.3 Å². The molecule has 0 aliphatic heterocycles. The minimum atomic E-state index is -1.23. The van der Waals surface area contributed by atoms with E-state index in [-0.39, 0.29) is 0 Å². The van der Waals surface area contributed by atoms with Crippen molar-refractivity contribution in [3.8, 4) is 0 Å². The second kappa shape index (κ2) is 33.4. The first-order valence-corrected chi connectivity index (χ1v) is 12.9. The summed E-state index contributed by atoms with van der Waals surface area (Å²) in [7, 11) is 0. The van der Waals surface area contributed by atoms with Crippen LogP contribution < -0.4 is 0 Å². The zero-order valence-corrected chi connectivity index (χ0v) is 26.1. The van der Waals surface area contributed by atoms with Gasteiger partial charge in [-0.25, -0.2) is 24.0 Å². The van der Waals surface area contributed by atoms with Gasteiger partial charge in [-0.15, -0.1) is 0 Å². The zero-order chi connectivity index (χ0) is 36.5. The Morgan fingerprint density at radius 3 is 0.773 bits per heavy atom. The van der Waals surface area contributed by atoms with Crippen molar-refractivity contribution in [3.63, 3.8) is 0 Å². The maximum absolute atomic E-state index is 10.9. The largest absolute Gasteiger partial charge is 0.478 e. The van der Waals surface area contributed by atoms with Crippen LogP contribution in [0.5, 0.6) is 0 Å². The van der Waals surface area contributed by atoms with Crippen LogP contribution in [0.25, 0.3) is 0 Å². The van der Waals surface area contributed by atoms with Gasteiger partial charge in [0.05, 0.1) is 30.8 Å². The number of rotatable bonds is 15. The summed E-state index contributed by atoms with van der Waals surface area (Å²) in [6.07, 6.45) is 6.74. The second-order valence-corrected chi connectivity index (χ2v) is 9.36. The van der Waals surface area contributed by atoms with Crippen molar-refractivity contribution in [1.82, 2.24) is 0 Å². The SMILES string of the molecule is C=CC(=O)O.C=CC(=O)O.C=CC(=O)O.C=CC(=O)O.C=CC(=O)O.CC(C)CCC(O)(CCC(C)C)C(CO)(CO)CO. The molecular weight excluding hydrogens is 584 g/mol. The number of carbonyl (C=O) groups is 5. The molecule has 0 aromatic carbocycles. The van der Waals surface area contributed by atoms with E-state index in [0.29, 0.717) is 24.7 Å². The molecule has 0 bridgehead atoms. The fourth-order valence-electron chi connectivity index (χ4n) is 2.30. The number of aliphatic hydroxyl groups excluding tert-OH is 3. The van der Waals surface area contributed by atoms with Crippen LogP contribution >= 0.6 is 0 Å². The molecule has 0 aromatic heterocycles. The topological polar surface area (TPSA) is 267 Å². The second-order valence-electron chi connectivity index (χ2n) is 9.36. The van der Waals surface area contributed by atoms with Gasteiger partial charge in [0.25, 0.3) is 0 Å². The summed E-state index contributed by atoms with van der Waals surface area (Å²) < 4.78 is 0. The molecule has 0 saturated heterocycles. The molecule has 0 heterocycles. The molecule has 0 atom stereocenters. The van der Waals surface area contributed by atoms with Gasteiger partial charge in [0, 0.05) is 30.4 Å². The predicted molar refractivity (Wildman–Crippen MR) is 166 cm³/mol. The molecule has 0 saturated carbocycles. The molecule has 0 fully saturated rings. The van der Waals surface area contributed by atoms with E-state index in [9.17, 15) is 44.4 Å². The lowest BCUT2D eigenvalue weighted by atomic mass is 9.67. The van der Waals surface area contributed by atoms with Gasteiger partial charge in [-0.05, 0) is 37.5 Å². The van der Waals surface area contributed by atoms with Gasteiger partial charge in [0.1, 0.15) is 0 Å². The van der Waals surface area contributed by atoms with Gasteiger partial charge in [-0.1, -0.05) is 60.6 Å². The van der Waals surface area contributed by atoms with E-state index in [1.807, 2.05) is 0 Å². The van der Waals surface area contributed by atoms with Gasteiger partial charge in [-0.2, -0.15) is 0 Å². The molecule has 0 unspecified atom stereocenters. The maximum Gasteiger partial charge on any atom is 0.327 e. The monoisotopic (exact) mass is 636 g/mol. The van der Waals surface area contributed by atoms with Crippen molar-refractivity contribution >= 4 is 29.8 Å². The molecule has 0 radical (unpaired) electrons. The highest BCUT2D eigenvalue weighted by molar-refractivity contribution is 5.80. The molecular formula is C30H52O14. The van der Waals surface area contributed by atoms with E-state index in [4.69, 9.17) is 25.5 Å². The molecule has 256 valence electrons. The fourth-order valence-corrected chi connectivity index (χ4v) is 2.30. The Morgan fingerprint density at radius 2 is 0.682 bits per heavy atom. The van der Waals surface area contributed by atoms with Crippen molar-refractivity contribution in [2.24, 2.45) is 17.3 Å². The predicted octanol–water partition coefficient (Wildman–Crippen LogP) is 2.84. The number of carboxylic acids is 5. The molecule has 0 aliphatic rings. The van der Waals surface area contributed by atoms with Crippen molar-refractivity contribution < 1.29 is 69.9 Å². The van der Waals surface area contributed by atoms with E-state index in [1.165, 1.54) is 0 Å². The number of aliphatic hydroxyl groups is 4. The summed E-state index contributed by atoms with van der Waals surface area (Å²) in [5.74, 6) is -4.05. The summed E-state index contributed by atoms with van der Waals surface area (Å²) in [6.45, 7) is 21.9. The first-order valence-electron chi connectivity index (χ1n) is 12.9.